The zero-order chi connectivity index (χ0) is 18.0. The number of amides is 1. The van der Waals surface area contributed by atoms with Gasteiger partial charge in [-0.05, 0) is 48.7 Å². The molecule has 0 aliphatic carbocycles. The van der Waals surface area contributed by atoms with Crippen molar-refractivity contribution in [3.8, 4) is 5.75 Å². The second kappa shape index (κ2) is 6.72. The van der Waals surface area contributed by atoms with Crippen LogP contribution in [0.4, 0.5) is 0 Å². The van der Waals surface area contributed by atoms with Gasteiger partial charge in [0.2, 0.25) is 0 Å². The van der Waals surface area contributed by atoms with Crippen molar-refractivity contribution >= 4 is 15.9 Å². The second-order valence-electron chi connectivity index (χ2n) is 5.99. The van der Waals surface area contributed by atoms with Crippen LogP contribution in [0.3, 0.4) is 0 Å². The molecule has 0 saturated heterocycles. The Morgan fingerprint density at radius 3 is 2.28 bits per heavy atom. The SMILES string of the molecule is COc1ccc(CC2=CC(=O)N(S(=O)(=O)c3ccc(C)cc3)C2)cc1. The molecule has 0 spiro atoms. The van der Waals surface area contributed by atoms with Crippen LogP contribution >= 0.6 is 0 Å². The highest BCUT2D eigenvalue weighted by Crippen LogP contribution is 2.24. The molecule has 0 atom stereocenters. The molecule has 130 valence electrons. The van der Waals surface area contributed by atoms with Crippen LogP contribution in [0.1, 0.15) is 11.1 Å². The summed E-state index contributed by atoms with van der Waals surface area (Å²) in [6.45, 7) is 1.97. The van der Waals surface area contributed by atoms with Crippen molar-refractivity contribution in [2.45, 2.75) is 18.2 Å². The van der Waals surface area contributed by atoms with Crippen LogP contribution in [0.5, 0.6) is 5.75 Å². The molecular weight excluding hydrogens is 338 g/mol. The Hall–Kier alpha value is -2.60. The van der Waals surface area contributed by atoms with Gasteiger partial charge in [0.15, 0.2) is 0 Å². The third-order valence-corrected chi connectivity index (χ3v) is 5.88. The molecule has 0 bridgehead atoms. The van der Waals surface area contributed by atoms with Crippen molar-refractivity contribution in [2.75, 3.05) is 13.7 Å². The van der Waals surface area contributed by atoms with Crippen LogP contribution in [-0.4, -0.2) is 32.3 Å². The first kappa shape index (κ1) is 17.2. The van der Waals surface area contributed by atoms with Crippen molar-refractivity contribution in [3.05, 3.63) is 71.3 Å². The van der Waals surface area contributed by atoms with E-state index in [0.29, 0.717) is 6.42 Å². The Labute approximate surface area is 147 Å². The average molecular weight is 357 g/mol. The normalized spacial score (nSPS) is 14.6. The van der Waals surface area contributed by atoms with Crippen LogP contribution in [0.25, 0.3) is 0 Å². The zero-order valence-corrected chi connectivity index (χ0v) is 14.9. The van der Waals surface area contributed by atoms with Gasteiger partial charge in [0.25, 0.3) is 15.9 Å². The molecule has 1 heterocycles. The molecule has 2 aromatic rings. The largest absolute Gasteiger partial charge is 0.497 e. The monoisotopic (exact) mass is 357 g/mol. The van der Waals surface area contributed by atoms with Crippen molar-refractivity contribution in [3.63, 3.8) is 0 Å². The summed E-state index contributed by atoms with van der Waals surface area (Å²) in [6.07, 6.45) is 1.94. The van der Waals surface area contributed by atoms with Crippen LogP contribution in [-0.2, 0) is 21.2 Å². The number of rotatable bonds is 5. The Kier molecular flexibility index (Phi) is 4.63. The predicted octanol–water partition coefficient (Wildman–Crippen LogP) is 2.70. The minimum Gasteiger partial charge on any atom is -0.497 e. The molecule has 0 N–H and O–H groups in total. The first-order valence-corrected chi connectivity index (χ1v) is 9.30. The Balaban J connectivity index is 1.76. The maximum atomic E-state index is 12.7. The third-order valence-electron chi connectivity index (χ3n) is 4.12. The molecule has 1 amide bonds. The van der Waals surface area contributed by atoms with Gasteiger partial charge in [0.05, 0.1) is 18.6 Å². The van der Waals surface area contributed by atoms with E-state index in [2.05, 4.69) is 0 Å². The summed E-state index contributed by atoms with van der Waals surface area (Å²) in [5, 5.41) is 0. The molecule has 0 fully saturated rings. The van der Waals surface area contributed by atoms with Crippen molar-refractivity contribution < 1.29 is 17.9 Å². The van der Waals surface area contributed by atoms with E-state index < -0.39 is 15.9 Å². The van der Waals surface area contributed by atoms with Crippen LogP contribution in [0.15, 0.2) is 65.1 Å². The lowest BCUT2D eigenvalue weighted by molar-refractivity contribution is -0.120. The van der Waals surface area contributed by atoms with Gasteiger partial charge in [-0.15, -0.1) is 0 Å². The predicted molar refractivity (Wildman–Crippen MR) is 94.9 cm³/mol. The molecule has 2 aromatic carbocycles. The maximum Gasteiger partial charge on any atom is 0.267 e. The summed E-state index contributed by atoms with van der Waals surface area (Å²) in [6, 6.07) is 14.0. The van der Waals surface area contributed by atoms with E-state index in [1.165, 1.54) is 18.2 Å². The summed E-state index contributed by atoms with van der Waals surface area (Å²) >= 11 is 0. The maximum absolute atomic E-state index is 12.7. The van der Waals surface area contributed by atoms with E-state index in [4.69, 9.17) is 4.74 Å². The molecule has 0 aromatic heterocycles. The Bertz CT molecular complexity index is 913. The van der Waals surface area contributed by atoms with Gasteiger partial charge >= 0.3 is 0 Å². The highest BCUT2D eigenvalue weighted by Gasteiger charge is 2.33. The van der Waals surface area contributed by atoms with Gasteiger partial charge in [-0.3, -0.25) is 4.79 Å². The molecule has 0 unspecified atom stereocenters. The zero-order valence-electron chi connectivity index (χ0n) is 14.1. The highest BCUT2D eigenvalue weighted by atomic mass is 32.2. The Morgan fingerprint density at radius 1 is 1.04 bits per heavy atom. The lowest BCUT2D eigenvalue weighted by Crippen LogP contribution is -2.33. The first-order valence-electron chi connectivity index (χ1n) is 7.86. The van der Waals surface area contributed by atoms with Gasteiger partial charge in [-0.2, -0.15) is 0 Å². The molecule has 0 radical (unpaired) electrons. The second-order valence-corrected chi connectivity index (χ2v) is 7.85. The van der Waals surface area contributed by atoms with Gasteiger partial charge < -0.3 is 4.74 Å². The fraction of sp³-hybridized carbons (Fsp3) is 0.211. The molecule has 25 heavy (non-hydrogen) atoms. The number of carbonyl (C=O) groups excluding carboxylic acids is 1. The smallest absolute Gasteiger partial charge is 0.267 e. The van der Waals surface area contributed by atoms with Crippen LogP contribution in [0, 0.1) is 6.92 Å². The summed E-state index contributed by atoms with van der Waals surface area (Å²) in [7, 11) is -2.23. The fourth-order valence-electron chi connectivity index (χ4n) is 2.71. The number of benzene rings is 2. The minimum atomic E-state index is -3.83. The number of methoxy groups -OCH3 is 1. The van der Waals surface area contributed by atoms with E-state index in [1.807, 2.05) is 31.2 Å². The van der Waals surface area contributed by atoms with Gasteiger partial charge in [-0.25, -0.2) is 12.7 Å². The van der Waals surface area contributed by atoms with E-state index in [9.17, 15) is 13.2 Å². The van der Waals surface area contributed by atoms with Gasteiger partial charge in [-0.1, -0.05) is 29.8 Å². The Morgan fingerprint density at radius 2 is 1.68 bits per heavy atom. The van der Waals surface area contributed by atoms with Crippen molar-refractivity contribution in [1.29, 1.82) is 0 Å². The molecule has 1 aliphatic heterocycles. The molecule has 6 heteroatoms. The van der Waals surface area contributed by atoms with Crippen LogP contribution < -0.4 is 4.74 Å². The highest BCUT2D eigenvalue weighted by molar-refractivity contribution is 7.89. The van der Waals surface area contributed by atoms with Gasteiger partial charge in [0.1, 0.15) is 5.75 Å². The molecule has 3 rings (SSSR count). The first-order chi connectivity index (χ1) is 11.9. The number of sulfonamides is 1. The van der Waals surface area contributed by atoms with E-state index >= 15 is 0 Å². The number of aryl methyl sites for hydroxylation is 1. The topological polar surface area (TPSA) is 63.7 Å². The number of hydrogen-bond acceptors (Lipinski definition) is 4. The molecule has 5 nitrogen and oxygen atoms in total. The lowest BCUT2D eigenvalue weighted by atomic mass is 10.1. The third kappa shape index (κ3) is 3.58. The number of nitrogens with zero attached hydrogens (tertiary/aromatic N) is 1. The molecular formula is C19H19NO4S. The summed E-state index contributed by atoms with van der Waals surface area (Å²) in [5.74, 6) is 0.257. The quantitative estimate of drug-likeness (QED) is 0.825. The lowest BCUT2D eigenvalue weighted by Gasteiger charge is -2.17. The number of hydrogen-bond donors (Lipinski definition) is 0. The number of carbonyl (C=O) groups is 1. The van der Waals surface area contributed by atoms with Crippen LogP contribution in [0.2, 0.25) is 0 Å². The average Bonchev–Trinajstić information content (AvgIpc) is 2.97. The summed E-state index contributed by atoms with van der Waals surface area (Å²) in [4.78, 5) is 12.3. The standard InChI is InChI=1S/C19H19NO4S/c1-14-3-9-18(10-4-14)25(22,23)20-13-16(12-19(20)21)11-15-5-7-17(24-2)8-6-15/h3-10,12H,11,13H2,1-2H3. The summed E-state index contributed by atoms with van der Waals surface area (Å²) in [5.41, 5.74) is 2.73. The number of ether oxygens (including phenoxy) is 1. The van der Waals surface area contributed by atoms with E-state index in [-0.39, 0.29) is 11.4 Å². The van der Waals surface area contributed by atoms with Crippen molar-refractivity contribution in [1.82, 2.24) is 4.31 Å². The van der Waals surface area contributed by atoms with Gasteiger partial charge in [0, 0.05) is 6.08 Å². The summed E-state index contributed by atoms with van der Waals surface area (Å²) < 4.78 is 31.4. The van der Waals surface area contributed by atoms with E-state index in [1.54, 1.807) is 19.2 Å². The fourth-order valence-corrected chi connectivity index (χ4v) is 4.07. The van der Waals surface area contributed by atoms with E-state index in [0.717, 1.165) is 26.8 Å². The molecule has 0 saturated carbocycles. The van der Waals surface area contributed by atoms with Crippen molar-refractivity contribution in [2.24, 2.45) is 0 Å². The minimum absolute atomic E-state index is 0.0844. The molecule has 1 aliphatic rings.